The summed E-state index contributed by atoms with van der Waals surface area (Å²) in [6.45, 7) is 0. The molecule has 11 aromatic carbocycles. The zero-order valence-corrected chi connectivity index (χ0v) is 40.5. The van der Waals surface area contributed by atoms with Gasteiger partial charge in [-0.1, -0.05) is 206 Å². The third-order valence-corrected chi connectivity index (χ3v) is 18.3. The fourth-order valence-corrected chi connectivity index (χ4v) is 15.6. The highest BCUT2D eigenvalue weighted by Gasteiger charge is 2.53. The van der Waals surface area contributed by atoms with Crippen LogP contribution in [0.15, 0.2) is 273 Å². The largest absolute Gasteiger partial charge is 0.456 e. The summed E-state index contributed by atoms with van der Waals surface area (Å²) in [6, 6.07) is 93.1. The van der Waals surface area contributed by atoms with E-state index in [0.717, 1.165) is 50.1 Å². The minimum atomic E-state index is -0.520. The number of hydrogen-bond donors (Lipinski definition) is 0. The van der Waals surface area contributed by atoms with E-state index in [4.69, 9.17) is 4.42 Å². The van der Waals surface area contributed by atoms with Gasteiger partial charge in [0.1, 0.15) is 11.2 Å². The number of benzene rings is 11. The van der Waals surface area contributed by atoms with E-state index >= 15 is 0 Å². The molecular weight excluding hydrogens is 911 g/mol. The van der Waals surface area contributed by atoms with Crippen molar-refractivity contribution >= 4 is 62.5 Å². The molecule has 1 aromatic heterocycles. The molecule has 2 spiro atoms. The van der Waals surface area contributed by atoms with Crippen LogP contribution < -0.4 is 4.90 Å². The summed E-state index contributed by atoms with van der Waals surface area (Å²) in [6.07, 6.45) is 0. The molecule has 4 heteroatoms. The maximum atomic E-state index is 6.41. The van der Waals surface area contributed by atoms with Crippen LogP contribution in [0, 0.1) is 0 Å². The van der Waals surface area contributed by atoms with Gasteiger partial charge in [-0.3, -0.25) is 0 Å². The van der Waals surface area contributed by atoms with Crippen molar-refractivity contribution in [1.82, 2.24) is 0 Å². The van der Waals surface area contributed by atoms with Gasteiger partial charge in [0.05, 0.1) is 22.2 Å². The lowest BCUT2D eigenvalue weighted by molar-refractivity contribution is 0.669. The molecule has 0 N–H and O–H groups in total. The lowest BCUT2D eigenvalue weighted by atomic mass is 9.67. The minimum Gasteiger partial charge on any atom is -0.456 e. The van der Waals surface area contributed by atoms with E-state index in [1.165, 1.54) is 86.3 Å². The fourth-order valence-electron chi connectivity index (χ4n) is 13.3. The monoisotopic (exact) mass is 951 g/mol. The fraction of sp³-hybridized carbons (Fsp3) is 0.0294. The molecule has 0 radical (unpaired) electrons. The molecular formula is C68H41NOS2. The van der Waals surface area contributed by atoms with Crippen molar-refractivity contribution in [2.75, 3.05) is 4.90 Å². The Morgan fingerprint density at radius 1 is 0.306 bits per heavy atom. The van der Waals surface area contributed by atoms with Gasteiger partial charge in [0.25, 0.3) is 0 Å². The molecule has 0 fully saturated rings. The van der Waals surface area contributed by atoms with Crippen LogP contribution in [-0.4, -0.2) is 0 Å². The number of rotatable bonds is 4. The van der Waals surface area contributed by atoms with Crippen LogP contribution in [0.25, 0.3) is 55.3 Å². The second-order valence-electron chi connectivity index (χ2n) is 19.4. The van der Waals surface area contributed by atoms with Gasteiger partial charge < -0.3 is 9.32 Å². The van der Waals surface area contributed by atoms with Crippen LogP contribution >= 0.6 is 23.5 Å². The predicted octanol–water partition coefficient (Wildman–Crippen LogP) is 18.4. The molecule has 4 aliphatic rings. The Balaban J connectivity index is 0.980. The molecule has 0 saturated carbocycles. The lowest BCUT2D eigenvalue weighted by Gasteiger charge is -2.40. The van der Waals surface area contributed by atoms with E-state index in [2.05, 4.69) is 248 Å². The lowest BCUT2D eigenvalue weighted by Crippen LogP contribution is -2.32. The van der Waals surface area contributed by atoms with Gasteiger partial charge >= 0.3 is 0 Å². The average Bonchev–Trinajstić information content (AvgIpc) is 4.08. The topological polar surface area (TPSA) is 16.4 Å². The van der Waals surface area contributed by atoms with Crippen molar-refractivity contribution in [3.05, 3.63) is 293 Å². The molecule has 2 nitrogen and oxygen atoms in total. The molecule has 3 heterocycles. The number of fused-ring (bicyclic) bond motifs is 21. The van der Waals surface area contributed by atoms with Crippen LogP contribution in [0.1, 0.15) is 44.5 Å². The van der Waals surface area contributed by atoms with Crippen molar-refractivity contribution < 1.29 is 4.42 Å². The summed E-state index contributed by atoms with van der Waals surface area (Å²) in [5.41, 5.74) is 22.0. The van der Waals surface area contributed by atoms with Gasteiger partial charge in [-0.25, -0.2) is 0 Å². The first kappa shape index (κ1) is 40.4. The highest BCUT2D eigenvalue weighted by molar-refractivity contribution is 7.99. The third kappa shape index (κ3) is 5.27. The van der Waals surface area contributed by atoms with Crippen LogP contribution in [0.5, 0.6) is 0 Å². The summed E-state index contributed by atoms with van der Waals surface area (Å²) in [5, 5.41) is 2.27. The zero-order valence-electron chi connectivity index (χ0n) is 38.8. The zero-order chi connectivity index (χ0) is 47.1. The van der Waals surface area contributed by atoms with E-state index in [-0.39, 0.29) is 0 Å². The molecule has 0 atom stereocenters. The van der Waals surface area contributed by atoms with E-state index in [1.54, 1.807) is 0 Å². The van der Waals surface area contributed by atoms with E-state index in [9.17, 15) is 0 Å². The molecule has 2 aliphatic heterocycles. The number of furan rings is 1. The number of para-hydroxylation sites is 1. The van der Waals surface area contributed by atoms with Gasteiger partial charge in [-0.15, -0.1) is 0 Å². The van der Waals surface area contributed by atoms with E-state index in [0.29, 0.717) is 0 Å². The van der Waals surface area contributed by atoms with Gasteiger partial charge in [0.2, 0.25) is 0 Å². The summed E-state index contributed by atoms with van der Waals surface area (Å²) in [4.78, 5) is 7.77. The molecule has 0 bridgehead atoms. The molecule has 72 heavy (non-hydrogen) atoms. The summed E-state index contributed by atoms with van der Waals surface area (Å²) in [7, 11) is 0. The standard InChI is InChI=1S/C68H41NOS2/c1-4-20-49-47(18-1)65-55(67(49)51-22-6-11-31-61(51)71-62-32-12-7-23-52(62)67)26-15-28-57(65)69(44-38-35-42(36-39-44)43-37-40-46-45-17-3-10-30-59(45)70-60(46)41-43)58-29-16-27-56-66(58)48-19-2-5-21-50(48)68(56)53-24-8-13-33-63(53)72-64-34-14-9-25-54(64)68/h1-41H. The van der Waals surface area contributed by atoms with Crippen molar-refractivity contribution in [3.63, 3.8) is 0 Å². The predicted molar refractivity (Wildman–Crippen MR) is 297 cm³/mol. The number of anilines is 3. The first-order valence-electron chi connectivity index (χ1n) is 24.7. The quantitative estimate of drug-likeness (QED) is 0.175. The highest BCUT2D eigenvalue weighted by Crippen LogP contribution is 2.67. The maximum absolute atomic E-state index is 6.41. The smallest absolute Gasteiger partial charge is 0.136 e. The van der Waals surface area contributed by atoms with E-state index < -0.39 is 10.8 Å². The number of nitrogens with zero attached hydrogens (tertiary/aromatic N) is 1. The van der Waals surface area contributed by atoms with Crippen molar-refractivity contribution in [1.29, 1.82) is 0 Å². The average molecular weight is 952 g/mol. The molecule has 16 rings (SSSR count). The SMILES string of the molecule is c1ccc2c(c1)Sc1ccccc1C21c2ccccc2-c2c(N(c3ccc(-c4ccc5c(c4)oc4ccccc45)cc3)c3cccc4c3-c3ccccc3C43c4ccccc4Sc4ccccc43)cccc21. The van der Waals surface area contributed by atoms with Gasteiger partial charge in [-0.05, 0) is 133 Å². The van der Waals surface area contributed by atoms with Crippen molar-refractivity contribution in [2.45, 2.75) is 30.4 Å². The summed E-state index contributed by atoms with van der Waals surface area (Å²) >= 11 is 3.78. The van der Waals surface area contributed by atoms with Gasteiger partial charge in [0, 0.05) is 47.2 Å². The second-order valence-corrected chi connectivity index (χ2v) is 21.5. The summed E-state index contributed by atoms with van der Waals surface area (Å²) in [5.74, 6) is 0. The summed E-state index contributed by atoms with van der Waals surface area (Å²) < 4.78 is 6.41. The van der Waals surface area contributed by atoms with Crippen LogP contribution in [0.2, 0.25) is 0 Å². The van der Waals surface area contributed by atoms with Gasteiger partial charge in [0.15, 0.2) is 0 Å². The number of hydrogen-bond acceptors (Lipinski definition) is 4. The Bertz CT molecular complexity index is 3970. The van der Waals surface area contributed by atoms with Crippen molar-refractivity contribution in [2.24, 2.45) is 0 Å². The van der Waals surface area contributed by atoms with Crippen LogP contribution in [0.4, 0.5) is 17.1 Å². The Morgan fingerprint density at radius 3 is 1.22 bits per heavy atom. The molecule has 2 aliphatic carbocycles. The third-order valence-electron chi connectivity index (χ3n) is 16.0. The van der Waals surface area contributed by atoms with Crippen LogP contribution in [-0.2, 0) is 10.8 Å². The molecule has 12 aromatic rings. The minimum absolute atomic E-state index is 0.520. The van der Waals surface area contributed by atoms with E-state index in [1.807, 2.05) is 29.6 Å². The van der Waals surface area contributed by atoms with Crippen molar-refractivity contribution in [3.8, 4) is 33.4 Å². The molecule has 336 valence electrons. The van der Waals surface area contributed by atoms with Gasteiger partial charge in [-0.2, -0.15) is 0 Å². The Labute approximate surface area is 426 Å². The second kappa shape index (κ2) is 15.1. The highest BCUT2D eigenvalue weighted by atomic mass is 32.2. The molecule has 0 unspecified atom stereocenters. The Hall–Kier alpha value is -8.28. The maximum Gasteiger partial charge on any atom is 0.136 e. The normalized spacial score (nSPS) is 14.5. The molecule has 0 saturated heterocycles. The van der Waals surface area contributed by atoms with Crippen LogP contribution in [0.3, 0.4) is 0 Å². The Morgan fingerprint density at radius 2 is 0.708 bits per heavy atom. The first-order chi connectivity index (χ1) is 35.7. The molecule has 0 amide bonds. The Kier molecular flexibility index (Phi) is 8.49. The first-order valence-corrected chi connectivity index (χ1v) is 26.4.